The molecule has 14 nitrogen and oxygen atoms in total. The summed E-state index contributed by atoms with van der Waals surface area (Å²) in [5.41, 5.74) is 4.39. The van der Waals surface area contributed by atoms with Crippen LogP contribution in [0.1, 0.15) is 167 Å². The molecule has 2 aromatic heterocycles. The number of amides is 4. The molecule has 0 saturated heterocycles. The second-order valence-corrected chi connectivity index (χ2v) is 19.2. The summed E-state index contributed by atoms with van der Waals surface area (Å²) in [5, 5.41) is 11.6. The monoisotopic (exact) mass is 1030 g/mol. The van der Waals surface area contributed by atoms with E-state index >= 15 is 0 Å². The van der Waals surface area contributed by atoms with Gasteiger partial charge in [0.2, 0.25) is 0 Å². The molecule has 13 rings (SSSR count). The van der Waals surface area contributed by atoms with Gasteiger partial charge in [-0.3, -0.25) is 19.2 Å². The fourth-order valence-electron chi connectivity index (χ4n) is 8.57. The molecule has 0 saturated carbocycles. The minimum atomic E-state index is -0.360. The number of nitrogens with one attached hydrogen (secondary N) is 4. The summed E-state index contributed by atoms with van der Waals surface area (Å²) in [6.07, 6.45) is 17.9. The van der Waals surface area contributed by atoms with Crippen LogP contribution < -0.4 is 40.2 Å². The molecule has 4 N–H and O–H groups in total. The summed E-state index contributed by atoms with van der Waals surface area (Å²) in [5.74, 6) is 1.74. The highest BCUT2D eigenvalue weighted by molar-refractivity contribution is 5.97. The zero-order valence-electron chi connectivity index (χ0n) is 43.8. The first-order valence-electron chi connectivity index (χ1n) is 27.3. The van der Waals surface area contributed by atoms with Crippen molar-refractivity contribution < 1.29 is 38.1 Å². The van der Waals surface area contributed by atoms with E-state index in [0.717, 1.165) is 96.6 Å². The van der Waals surface area contributed by atoms with E-state index in [1.54, 1.807) is 36.4 Å². The summed E-state index contributed by atoms with van der Waals surface area (Å²) >= 11 is 0. The van der Waals surface area contributed by atoms with Gasteiger partial charge in [-0.2, -0.15) is 0 Å². The van der Waals surface area contributed by atoms with Crippen LogP contribution in [-0.2, 0) is 26.2 Å². The Bertz CT molecular complexity index is 2330. The Morgan fingerprint density at radius 1 is 0.263 bits per heavy atom. The topological polar surface area (TPSA) is 179 Å². The van der Waals surface area contributed by atoms with Crippen LogP contribution in [0.5, 0.6) is 23.0 Å². The van der Waals surface area contributed by atoms with Crippen molar-refractivity contribution in [1.29, 1.82) is 0 Å². The van der Waals surface area contributed by atoms with Crippen LogP contribution in [0.2, 0.25) is 0 Å². The number of hydrogen-bond acceptors (Lipinski definition) is 10. The molecule has 4 amide bonds. The smallest absolute Gasteiger partial charge is 0.270 e. The lowest BCUT2D eigenvalue weighted by atomic mass is 10.1. The zero-order valence-corrected chi connectivity index (χ0v) is 43.8. The number of nitrogens with zero attached hydrogens (tertiary/aromatic N) is 2. The molecule has 6 aromatic rings. The van der Waals surface area contributed by atoms with Crippen molar-refractivity contribution in [2.45, 2.75) is 129 Å². The third-order valence-corrected chi connectivity index (χ3v) is 13.1. The molecule has 4 aromatic carbocycles. The molecule has 7 aliphatic heterocycles. The predicted molar refractivity (Wildman–Crippen MR) is 295 cm³/mol. The molecule has 12 bridgehead atoms. The number of hydrogen-bond donors (Lipinski definition) is 4. The minimum Gasteiger partial charge on any atom is -0.494 e. The number of rotatable bonds is 0. The number of aromatic nitrogens is 2. The molecular weight excluding hydrogens is 957 g/mol. The van der Waals surface area contributed by atoms with Crippen LogP contribution in [0.25, 0.3) is 0 Å². The second kappa shape index (κ2) is 31.9. The van der Waals surface area contributed by atoms with Gasteiger partial charge in [-0.1, -0.05) is 138 Å². The Morgan fingerprint density at radius 2 is 0.461 bits per heavy atom. The lowest BCUT2D eigenvalue weighted by molar-refractivity contribution is 0.0925. The predicted octanol–water partition coefficient (Wildman–Crippen LogP) is 11.7. The van der Waals surface area contributed by atoms with Gasteiger partial charge >= 0.3 is 0 Å². The van der Waals surface area contributed by atoms with E-state index in [9.17, 15) is 19.2 Å². The van der Waals surface area contributed by atoms with Crippen LogP contribution in [0, 0.1) is 0 Å². The molecule has 7 aliphatic rings. The summed E-state index contributed by atoms with van der Waals surface area (Å²) < 4.78 is 23.9. The van der Waals surface area contributed by atoms with E-state index < -0.39 is 0 Å². The maximum atomic E-state index is 13.0. The maximum absolute atomic E-state index is 13.0. The summed E-state index contributed by atoms with van der Waals surface area (Å²) in [6, 6.07) is 40.6. The van der Waals surface area contributed by atoms with Crippen molar-refractivity contribution in [2.75, 3.05) is 26.4 Å². The van der Waals surface area contributed by atoms with E-state index in [-0.39, 0.29) is 46.4 Å². The molecular formula is C62H74N6O8. The molecule has 0 spiro atoms. The molecule has 14 heteroatoms. The fourth-order valence-corrected chi connectivity index (χ4v) is 8.57. The van der Waals surface area contributed by atoms with Crippen LogP contribution in [0.4, 0.5) is 0 Å². The summed E-state index contributed by atoms with van der Waals surface area (Å²) in [7, 11) is 0. The van der Waals surface area contributed by atoms with Crippen LogP contribution in [-0.4, -0.2) is 60.0 Å². The van der Waals surface area contributed by atoms with Gasteiger partial charge in [0.1, 0.15) is 45.8 Å². The number of benzene rings is 4. The van der Waals surface area contributed by atoms with Crippen molar-refractivity contribution in [3.8, 4) is 23.0 Å². The van der Waals surface area contributed by atoms with Crippen molar-refractivity contribution >= 4 is 23.6 Å². The second-order valence-electron chi connectivity index (χ2n) is 19.2. The third-order valence-electron chi connectivity index (χ3n) is 13.1. The van der Waals surface area contributed by atoms with E-state index in [2.05, 4.69) is 31.2 Å². The Hall–Kier alpha value is -7.74. The molecule has 0 fully saturated rings. The average Bonchev–Trinajstić information content (AvgIpc) is 3.46. The molecule has 0 atom stereocenters. The first-order valence-corrected chi connectivity index (χ1v) is 27.3. The largest absolute Gasteiger partial charge is 0.494 e. The first-order chi connectivity index (χ1) is 37.3. The highest BCUT2D eigenvalue weighted by Gasteiger charge is 2.15. The lowest BCUT2D eigenvalue weighted by Gasteiger charge is -2.10. The third kappa shape index (κ3) is 20.2. The Kier molecular flexibility index (Phi) is 23.5. The molecule has 0 radical (unpaired) electrons. The number of carbonyl (C=O) groups excluding carboxylic acids is 4. The van der Waals surface area contributed by atoms with Gasteiger partial charge in [0, 0.05) is 26.2 Å². The average molecular weight is 1030 g/mol. The lowest BCUT2D eigenvalue weighted by Crippen LogP contribution is -2.27. The normalized spacial score (nSPS) is 16.6. The Balaban J connectivity index is 0.831. The quantitative estimate of drug-likeness (QED) is 0.114. The number of pyridine rings is 2. The van der Waals surface area contributed by atoms with Gasteiger partial charge in [-0.15, -0.1) is 0 Å². The van der Waals surface area contributed by atoms with E-state index in [1.807, 2.05) is 97.1 Å². The Labute approximate surface area is 448 Å². The summed E-state index contributed by atoms with van der Waals surface area (Å²) in [4.78, 5) is 60.7. The van der Waals surface area contributed by atoms with Crippen LogP contribution in [0.3, 0.4) is 0 Å². The van der Waals surface area contributed by atoms with Crippen molar-refractivity contribution in [1.82, 2.24) is 31.2 Å². The highest BCUT2D eigenvalue weighted by atomic mass is 16.5. The van der Waals surface area contributed by atoms with Crippen LogP contribution in [0.15, 0.2) is 133 Å². The van der Waals surface area contributed by atoms with Gasteiger partial charge in [-0.05, 0) is 121 Å². The van der Waals surface area contributed by atoms with E-state index in [0.29, 0.717) is 52.6 Å². The van der Waals surface area contributed by atoms with Crippen LogP contribution >= 0.6 is 0 Å². The van der Waals surface area contributed by atoms with Crippen molar-refractivity contribution in [3.63, 3.8) is 0 Å². The zero-order chi connectivity index (χ0) is 52.8. The molecule has 76 heavy (non-hydrogen) atoms. The fraction of sp³-hybridized carbons (Fsp3) is 0.387. The number of ether oxygens (including phenoxy) is 4. The molecule has 400 valence electrons. The Morgan fingerprint density at radius 3 is 0.671 bits per heavy atom. The van der Waals surface area contributed by atoms with Gasteiger partial charge in [0.05, 0.1) is 26.4 Å². The minimum absolute atomic E-state index is 0.172. The molecule has 0 aliphatic carbocycles. The van der Waals surface area contributed by atoms with E-state index in [4.69, 9.17) is 18.9 Å². The number of carbonyl (C=O) groups is 4. The van der Waals surface area contributed by atoms with Gasteiger partial charge < -0.3 is 40.2 Å². The SMILES string of the molecule is O=C1NCc2ccc(cc2)OCCCCCCCCCCOc2ccc(cc2)CNC(=O)c2cccc(n2)C(=O)NCc2ccc(cc2)OCCCCCCCCCCOc2ccc(cc2)CNC(=O)c2cccc1n2. The van der Waals surface area contributed by atoms with Crippen molar-refractivity contribution in [2.24, 2.45) is 0 Å². The van der Waals surface area contributed by atoms with Gasteiger partial charge in [0.25, 0.3) is 23.6 Å². The van der Waals surface area contributed by atoms with Gasteiger partial charge in [-0.25, -0.2) is 9.97 Å². The maximum Gasteiger partial charge on any atom is 0.270 e. The first kappa shape index (κ1) is 56.0. The summed E-state index contributed by atoms with van der Waals surface area (Å²) in [6.45, 7) is 3.88. The van der Waals surface area contributed by atoms with E-state index in [1.165, 1.54) is 51.4 Å². The molecule has 0 unspecified atom stereocenters. The molecule has 9 heterocycles. The van der Waals surface area contributed by atoms with Gasteiger partial charge in [0.15, 0.2) is 0 Å². The highest BCUT2D eigenvalue weighted by Crippen LogP contribution is 2.19. The van der Waals surface area contributed by atoms with Crippen molar-refractivity contribution in [3.05, 3.63) is 178 Å². The standard InChI is InChI=1S/C62H74N6O8/c69-59-55-19-17-21-57(67-55)61(71)65-45-49-27-35-53(36-28-49)75-41-15-11-7-3-4-8-12-16-42-76-54-37-29-50(30-38-54)46-66-62(72)58-22-18-20-56(68-58)60(70)64-44-48-25-33-52(34-26-48)74-40-14-10-6-2-1-5-9-13-39-73-51-31-23-47(24-32-51)43-63-59/h17-38H,1-16,39-46H2,(H,63,69)(H,64,70)(H,65,71)(H,66,72).